The van der Waals surface area contributed by atoms with Crippen LogP contribution in [0.1, 0.15) is 18.9 Å². The third-order valence-corrected chi connectivity index (χ3v) is 4.07. The fourth-order valence-electron chi connectivity index (χ4n) is 1.40. The summed E-state index contributed by atoms with van der Waals surface area (Å²) < 4.78 is 11.1. The van der Waals surface area contributed by atoms with Gasteiger partial charge >= 0.3 is 6.03 Å². The zero-order chi connectivity index (χ0) is 13.4. The maximum Gasteiger partial charge on any atom is 0.315 e. The van der Waals surface area contributed by atoms with Gasteiger partial charge in [-0.15, -0.1) is 0 Å². The third-order valence-electron chi connectivity index (χ3n) is 2.70. The Morgan fingerprint density at radius 1 is 1.28 bits per heavy atom. The smallest absolute Gasteiger partial charge is 0.315 e. The highest BCUT2D eigenvalue weighted by Gasteiger charge is 2.06. The highest BCUT2D eigenvalue weighted by molar-refractivity contribution is 7.84. The third kappa shape index (κ3) is 5.82. The van der Waals surface area contributed by atoms with E-state index in [1.165, 1.54) is 0 Å². The van der Waals surface area contributed by atoms with Crippen LogP contribution in [0.3, 0.4) is 0 Å². The molecular formula is C13H20N2O2S. The number of carbonyl (C=O) groups excluding carboxylic acids is 1. The average Bonchev–Trinajstić information content (AvgIpc) is 2.37. The Morgan fingerprint density at radius 2 is 1.94 bits per heavy atom. The second-order valence-electron chi connectivity index (χ2n) is 4.19. The van der Waals surface area contributed by atoms with Crippen LogP contribution in [0.25, 0.3) is 0 Å². The van der Waals surface area contributed by atoms with Gasteiger partial charge in [-0.05, 0) is 12.0 Å². The molecule has 0 aliphatic heterocycles. The summed E-state index contributed by atoms with van der Waals surface area (Å²) in [6, 6.07) is 9.55. The van der Waals surface area contributed by atoms with Crippen molar-refractivity contribution in [2.45, 2.75) is 25.1 Å². The van der Waals surface area contributed by atoms with Crippen LogP contribution in [0.2, 0.25) is 0 Å². The number of benzene rings is 1. The minimum absolute atomic E-state index is 0.111. The first-order valence-electron chi connectivity index (χ1n) is 5.97. The highest BCUT2D eigenvalue weighted by Crippen LogP contribution is 1.98. The van der Waals surface area contributed by atoms with Crippen LogP contribution >= 0.6 is 0 Å². The maximum absolute atomic E-state index is 11.5. The molecule has 1 rings (SSSR count). The first-order chi connectivity index (χ1) is 8.59. The van der Waals surface area contributed by atoms with Gasteiger partial charge in [-0.3, -0.25) is 4.21 Å². The van der Waals surface area contributed by atoms with Crippen molar-refractivity contribution in [1.82, 2.24) is 10.6 Å². The molecule has 0 saturated heterocycles. The summed E-state index contributed by atoms with van der Waals surface area (Å²) in [6.45, 7) is 2.98. The minimum atomic E-state index is -0.830. The van der Waals surface area contributed by atoms with E-state index < -0.39 is 10.8 Å². The van der Waals surface area contributed by atoms with E-state index in [-0.39, 0.29) is 11.3 Å². The SMILES string of the molecule is CC(CCNC(=O)NCc1ccccc1)S(C)=O. The van der Waals surface area contributed by atoms with Crippen molar-refractivity contribution in [3.8, 4) is 0 Å². The Bertz CT molecular complexity index is 395. The van der Waals surface area contributed by atoms with Gasteiger partial charge < -0.3 is 10.6 Å². The zero-order valence-corrected chi connectivity index (χ0v) is 11.6. The topological polar surface area (TPSA) is 58.2 Å². The van der Waals surface area contributed by atoms with Crippen LogP contribution in [0, 0.1) is 0 Å². The van der Waals surface area contributed by atoms with Crippen LogP contribution in [-0.2, 0) is 17.3 Å². The van der Waals surface area contributed by atoms with Crippen molar-refractivity contribution < 1.29 is 9.00 Å². The number of hydrogen-bond donors (Lipinski definition) is 2. The molecule has 0 spiro atoms. The summed E-state index contributed by atoms with van der Waals surface area (Å²) in [4.78, 5) is 11.5. The predicted octanol–water partition coefficient (Wildman–Crippen LogP) is 1.64. The van der Waals surface area contributed by atoms with Gasteiger partial charge in [-0.2, -0.15) is 0 Å². The Kier molecular flexibility index (Phi) is 6.43. The minimum Gasteiger partial charge on any atom is -0.338 e. The lowest BCUT2D eigenvalue weighted by atomic mass is 10.2. The Labute approximate surface area is 111 Å². The highest BCUT2D eigenvalue weighted by atomic mass is 32.2. The molecule has 0 fully saturated rings. The normalized spacial score (nSPS) is 13.7. The molecule has 0 bridgehead atoms. The molecule has 4 nitrogen and oxygen atoms in total. The quantitative estimate of drug-likeness (QED) is 0.824. The number of carbonyl (C=O) groups is 1. The van der Waals surface area contributed by atoms with Gasteiger partial charge in [0.25, 0.3) is 0 Å². The monoisotopic (exact) mass is 268 g/mol. The van der Waals surface area contributed by atoms with Crippen molar-refractivity contribution in [2.24, 2.45) is 0 Å². The molecule has 100 valence electrons. The van der Waals surface area contributed by atoms with Crippen molar-refractivity contribution in [3.05, 3.63) is 35.9 Å². The average molecular weight is 268 g/mol. The number of hydrogen-bond acceptors (Lipinski definition) is 2. The first-order valence-corrected chi connectivity index (χ1v) is 7.59. The fraction of sp³-hybridized carbons (Fsp3) is 0.462. The van der Waals surface area contributed by atoms with E-state index in [1.54, 1.807) is 6.26 Å². The summed E-state index contributed by atoms with van der Waals surface area (Å²) in [5.41, 5.74) is 1.07. The number of rotatable bonds is 6. The van der Waals surface area contributed by atoms with Crippen LogP contribution in [-0.4, -0.2) is 28.3 Å². The molecule has 0 aliphatic rings. The molecule has 0 heterocycles. The molecule has 5 heteroatoms. The number of urea groups is 1. The van der Waals surface area contributed by atoms with E-state index in [0.717, 1.165) is 12.0 Å². The first kappa shape index (κ1) is 14.7. The van der Waals surface area contributed by atoms with Crippen molar-refractivity contribution in [2.75, 3.05) is 12.8 Å². The largest absolute Gasteiger partial charge is 0.338 e. The lowest BCUT2D eigenvalue weighted by molar-refractivity contribution is 0.240. The van der Waals surface area contributed by atoms with Crippen molar-refractivity contribution >= 4 is 16.8 Å². The molecule has 2 N–H and O–H groups in total. The van der Waals surface area contributed by atoms with Crippen LogP contribution < -0.4 is 10.6 Å². The summed E-state index contributed by atoms with van der Waals surface area (Å²) in [5.74, 6) is 0. The van der Waals surface area contributed by atoms with Gasteiger partial charge in [0.05, 0.1) is 0 Å². The summed E-state index contributed by atoms with van der Waals surface area (Å²) >= 11 is 0. The number of amides is 2. The van der Waals surface area contributed by atoms with Gasteiger partial charge in [0.2, 0.25) is 0 Å². The second kappa shape index (κ2) is 7.87. The zero-order valence-electron chi connectivity index (χ0n) is 10.8. The van der Waals surface area contributed by atoms with Gasteiger partial charge in [-0.1, -0.05) is 37.3 Å². The second-order valence-corrected chi connectivity index (χ2v) is 5.99. The molecular weight excluding hydrogens is 248 g/mol. The van der Waals surface area contributed by atoms with Gasteiger partial charge in [-0.25, -0.2) is 4.79 Å². The van der Waals surface area contributed by atoms with E-state index in [1.807, 2.05) is 37.3 Å². The van der Waals surface area contributed by atoms with E-state index in [9.17, 15) is 9.00 Å². The molecule has 18 heavy (non-hydrogen) atoms. The summed E-state index contributed by atoms with van der Waals surface area (Å²) in [6.07, 6.45) is 2.40. The fourth-order valence-corrected chi connectivity index (χ4v) is 1.85. The lowest BCUT2D eigenvalue weighted by Gasteiger charge is -2.10. The van der Waals surface area contributed by atoms with Gasteiger partial charge in [0.15, 0.2) is 0 Å². The van der Waals surface area contributed by atoms with Crippen molar-refractivity contribution in [1.29, 1.82) is 0 Å². The lowest BCUT2D eigenvalue weighted by Crippen LogP contribution is -2.36. The molecule has 2 unspecified atom stereocenters. The molecule has 1 aromatic rings. The van der Waals surface area contributed by atoms with Crippen LogP contribution in [0.4, 0.5) is 4.79 Å². The molecule has 0 aromatic heterocycles. The van der Waals surface area contributed by atoms with E-state index in [4.69, 9.17) is 0 Å². The van der Waals surface area contributed by atoms with E-state index >= 15 is 0 Å². The Balaban J connectivity index is 2.17. The summed E-state index contributed by atoms with van der Waals surface area (Å²) in [5, 5.41) is 5.64. The molecule has 1 aromatic carbocycles. The van der Waals surface area contributed by atoms with E-state index in [2.05, 4.69) is 10.6 Å². The summed E-state index contributed by atoms with van der Waals surface area (Å²) in [7, 11) is -0.830. The van der Waals surface area contributed by atoms with Crippen LogP contribution in [0.15, 0.2) is 30.3 Å². The molecule has 0 aliphatic carbocycles. The van der Waals surface area contributed by atoms with Crippen LogP contribution in [0.5, 0.6) is 0 Å². The van der Waals surface area contributed by atoms with Gasteiger partial charge in [0.1, 0.15) is 0 Å². The van der Waals surface area contributed by atoms with Crippen molar-refractivity contribution in [3.63, 3.8) is 0 Å². The molecule has 2 amide bonds. The molecule has 0 radical (unpaired) electrons. The maximum atomic E-state index is 11.5. The molecule has 0 saturated carbocycles. The van der Waals surface area contributed by atoms with Gasteiger partial charge in [0, 0.05) is 35.4 Å². The Hall–Kier alpha value is -1.36. The molecule has 2 atom stereocenters. The Morgan fingerprint density at radius 3 is 2.56 bits per heavy atom. The predicted molar refractivity (Wildman–Crippen MR) is 74.8 cm³/mol. The standard InChI is InChI=1S/C13H20N2O2S/c1-11(18(2)17)8-9-14-13(16)15-10-12-6-4-3-5-7-12/h3-7,11H,8-10H2,1-2H3,(H2,14,15,16). The van der Waals surface area contributed by atoms with E-state index in [0.29, 0.717) is 13.1 Å². The number of nitrogens with one attached hydrogen (secondary N) is 2.